The second-order valence-corrected chi connectivity index (χ2v) is 15.2. The second-order valence-electron chi connectivity index (χ2n) is 15.2. The van der Waals surface area contributed by atoms with E-state index >= 15 is 0 Å². The molecule has 3 aliphatic heterocycles. The van der Waals surface area contributed by atoms with Crippen LogP contribution in [0.3, 0.4) is 0 Å². The highest BCUT2D eigenvalue weighted by atomic mass is 16.5. The Labute approximate surface area is 266 Å². The molecule has 0 bridgehead atoms. The van der Waals surface area contributed by atoms with Crippen LogP contribution in [0.25, 0.3) is 0 Å². The zero-order valence-corrected chi connectivity index (χ0v) is 27.5. The zero-order valence-electron chi connectivity index (χ0n) is 27.5. The van der Waals surface area contributed by atoms with Crippen molar-refractivity contribution in [2.45, 2.75) is 97.6 Å². The molecule has 5 fully saturated rings. The minimum Gasteiger partial charge on any atom is -0.376 e. The summed E-state index contributed by atoms with van der Waals surface area (Å²) in [7, 11) is 0. The minimum absolute atomic E-state index is 0.00574. The first kappa shape index (κ1) is 31.9. The van der Waals surface area contributed by atoms with E-state index in [1.807, 2.05) is 16.7 Å². The summed E-state index contributed by atoms with van der Waals surface area (Å²) in [5.41, 5.74) is -0.585. The molecule has 3 saturated heterocycles. The molecule has 0 aromatic carbocycles. The van der Waals surface area contributed by atoms with Crippen LogP contribution in [0, 0.1) is 35.5 Å². The van der Waals surface area contributed by atoms with Crippen LogP contribution in [-0.4, -0.2) is 112 Å². The van der Waals surface area contributed by atoms with Gasteiger partial charge in [-0.2, -0.15) is 0 Å². The number of amides is 4. The molecule has 2 aliphatic carbocycles. The van der Waals surface area contributed by atoms with E-state index in [0.717, 1.165) is 38.5 Å². The number of hydrogen-bond acceptors (Lipinski definition) is 7. The Morgan fingerprint density at radius 3 is 2.22 bits per heavy atom. The summed E-state index contributed by atoms with van der Waals surface area (Å²) in [6.45, 7) is 11.1. The summed E-state index contributed by atoms with van der Waals surface area (Å²) in [6.07, 6.45) is 9.33. The van der Waals surface area contributed by atoms with E-state index < -0.39 is 23.5 Å². The SMILES string of the molecule is Cc1nc(C(=O)N2C[C@@H](C(=O)N[C@H](C(=O)N3CCCCC3)[C@@H](C)OCC3CCCCC3)C3(C2)CN(C(=O)[C@H]2CC2(C)C)C3)n[nH]1. The van der Waals surface area contributed by atoms with Gasteiger partial charge in [0.05, 0.1) is 12.0 Å². The van der Waals surface area contributed by atoms with Crippen molar-refractivity contribution in [3.8, 4) is 0 Å². The van der Waals surface area contributed by atoms with Crippen LogP contribution in [0.5, 0.6) is 0 Å². The van der Waals surface area contributed by atoms with Crippen LogP contribution in [0.15, 0.2) is 0 Å². The Kier molecular flexibility index (Phi) is 8.97. The van der Waals surface area contributed by atoms with Gasteiger partial charge in [-0.1, -0.05) is 33.1 Å². The molecule has 1 spiro atoms. The van der Waals surface area contributed by atoms with Crippen molar-refractivity contribution in [2.24, 2.45) is 28.6 Å². The third-order valence-electron chi connectivity index (χ3n) is 11.2. The number of carbonyl (C=O) groups is 4. The lowest BCUT2D eigenvalue weighted by atomic mass is 9.70. The number of aromatic nitrogens is 3. The molecule has 12 nitrogen and oxygen atoms in total. The van der Waals surface area contributed by atoms with Gasteiger partial charge < -0.3 is 24.8 Å². The number of ether oxygens (including phenoxy) is 1. The van der Waals surface area contributed by atoms with Crippen molar-refractivity contribution in [2.75, 3.05) is 45.9 Å². The summed E-state index contributed by atoms with van der Waals surface area (Å²) in [5.74, 6) is -0.0700. The number of hydrogen-bond donors (Lipinski definition) is 2. The van der Waals surface area contributed by atoms with E-state index in [1.54, 1.807) is 11.8 Å². The molecule has 248 valence electrons. The lowest BCUT2D eigenvalue weighted by Gasteiger charge is -2.50. The number of piperidine rings is 1. The fourth-order valence-electron chi connectivity index (χ4n) is 8.05. The third kappa shape index (κ3) is 6.62. The number of rotatable bonds is 9. The predicted molar refractivity (Wildman–Crippen MR) is 166 cm³/mol. The van der Waals surface area contributed by atoms with E-state index in [0.29, 0.717) is 51.1 Å². The van der Waals surface area contributed by atoms with E-state index in [2.05, 4.69) is 34.3 Å². The fourth-order valence-corrected chi connectivity index (χ4v) is 8.05. The molecular formula is C33H51N7O5. The number of aromatic amines is 1. The van der Waals surface area contributed by atoms with Crippen molar-refractivity contribution in [1.82, 2.24) is 35.2 Å². The van der Waals surface area contributed by atoms with Gasteiger partial charge in [0.25, 0.3) is 5.91 Å². The van der Waals surface area contributed by atoms with Gasteiger partial charge in [0.1, 0.15) is 11.9 Å². The minimum atomic E-state index is -0.818. The average Bonchev–Trinajstić information content (AvgIpc) is 3.32. The quantitative estimate of drug-likeness (QED) is 0.430. The van der Waals surface area contributed by atoms with E-state index in [9.17, 15) is 19.2 Å². The van der Waals surface area contributed by atoms with Crippen LogP contribution < -0.4 is 5.32 Å². The molecule has 0 unspecified atom stereocenters. The van der Waals surface area contributed by atoms with Gasteiger partial charge >= 0.3 is 0 Å². The van der Waals surface area contributed by atoms with E-state index in [1.165, 1.54) is 19.3 Å². The van der Waals surface area contributed by atoms with Crippen LogP contribution in [0.4, 0.5) is 0 Å². The normalized spacial score (nSPS) is 27.2. The molecular weight excluding hydrogens is 574 g/mol. The Hall–Kier alpha value is -3.02. The molecule has 1 aromatic rings. The number of nitrogens with zero attached hydrogens (tertiary/aromatic N) is 5. The van der Waals surface area contributed by atoms with Crippen LogP contribution in [-0.2, 0) is 19.1 Å². The smallest absolute Gasteiger partial charge is 0.293 e. The molecule has 12 heteroatoms. The average molecular weight is 626 g/mol. The predicted octanol–water partition coefficient (Wildman–Crippen LogP) is 2.54. The largest absolute Gasteiger partial charge is 0.376 e. The first-order valence-corrected chi connectivity index (χ1v) is 17.2. The van der Waals surface area contributed by atoms with Crippen molar-refractivity contribution in [3.63, 3.8) is 0 Å². The second kappa shape index (κ2) is 12.6. The number of H-pyrrole nitrogens is 1. The summed E-state index contributed by atoms with van der Waals surface area (Å²) in [5, 5.41) is 9.91. The molecule has 5 aliphatic rings. The lowest BCUT2D eigenvalue weighted by Crippen LogP contribution is -2.65. The third-order valence-corrected chi connectivity index (χ3v) is 11.2. The molecule has 0 radical (unpaired) electrons. The Balaban J connectivity index is 1.19. The summed E-state index contributed by atoms with van der Waals surface area (Å²) >= 11 is 0. The molecule has 45 heavy (non-hydrogen) atoms. The van der Waals surface area contributed by atoms with Crippen LogP contribution >= 0.6 is 0 Å². The summed E-state index contributed by atoms with van der Waals surface area (Å²) in [4.78, 5) is 64.5. The number of likely N-dealkylation sites (tertiary alicyclic amines) is 3. The molecule has 6 rings (SSSR count). The maximum Gasteiger partial charge on any atom is 0.293 e. The summed E-state index contributed by atoms with van der Waals surface area (Å²) < 4.78 is 6.33. The molecule has 4 heterocycles. The zero-order chi connectivity index (χ0) is 31.9. The molecule has 2 N–H and O–H groups in total. The van der Waals surface area contributed by atoms with Crippen molar-refractivity contribution < 1.29 is 23.9 Å². The maximum absolute atomic E-state index is 14.3. The Morgan fingerprint density at radius 1 is 0.956 bits per heavy atom. The van der Waals surface area contributed by atoms with Crippen molar-refractivity contribution in [3.05, 3.63) is 11.6 Å². The maximum atomic E-state index is 14.3. The molecule has 1 aromatic heterocycles. The highest BCUT2D eigenvalue weighted by molar-refractivity contribution is 5.93. The lowest BCUT2D eigenvalue weighted by molar-refractivity contribution is -0.153. The van der Waals surface area contributed by atoms with E-state index in [4.69, 9.17) is 4.74 Å². The highest BCUT2D eigenvalue weighted by Crippen LogP contribution is 2.54. The van der Waals surface area contributed by atoms with Crippen molar-refractivity contribution >= 4 is 23.6 Å². The molecule has 4 amide bonds. The molecule has 4 atom stereocenters. The topological polar surface area (TPSA) is 141 Å². The molecule has 2 saturated carbocycles. The highest BCUT2D eigenvalue weighted by Gasteiger charge is 2.62. The standard InChI is InChI=1S/C33H51N7O5/c1-21(45-17-23-11-7-5-8-12-23)26(30(43)38-13-9-6-10-14-38)35-28(41)25-16-39(31(44)27-34-22(2)36-37-27)18-33(25)19-40(20-33)29(42)24-15-32(24,3)4/h21,23-26H,5-20H2,1-4H3,(H,35,41)(H,34,36,37)/t21-,24-,25+,26+/m1/s1. The van der Waals surface area contributed by atoms with Gasteiger partial charge in [0, 0.05) is 57.2 Å². The van der Waals surface area contributed by atoms with Gasteiger partial charge in [0.15, 0.2) is 0 Å². The number of nitrogens with one attached hydrogen (secondary N) is 2. The fraction of sp³-hybridized carbons (Fsp3) is 0.818. The van der Waals surface area contributed by atoms with Crippen LogP contribution in [0.2, 0.25) is 0 Å². The van der Waals surface area contributed by atoms with Crippen molar-refractivity contribution in [1.29, 1.82) is 0 Å². The van der Waals surface area contributed by atoms with E-state index in [-0.39, 0.29) is 47.3 Å². The van der Waals surface area contributed by atoms with Gasteiger partial charge in [-0.3, -0.25) is 24.3 Å². The first-order valence-electron chi connectivity index (χ1n) is 17.2. The Bertz CT molecular complexity index is 1280. The first-order chi connectivity index (χ1) is 21.5. The van der Waals surface area contributed by atoms with Gasteiger partial charge in [0.2, 0.25) is 23.5 Å². The van der Waals surface area contributed by atoms with Gasteiger partial charge in [-0.25, -0.2) is 4.98 Å². The Morgan fingerprint density at radius 2 is 1.60 bits per heavy atom. The van der Waals surface area contributed by atoms with Crippen LogP contribution in [0.1, 0.15) is 95.0 Å². The summed E-state index contributed by atoms with van der Waals surface area (Å²) in [6, 6.07) is -0.818. The van der Waals surface area contributed by atoms with Gasteiger partial charge in [-0.15, -0.1) is 5.10 Å². The van der Waals surface area contributed by atoms with Gasteiger partial charge in [-0.05, 0) is 63.7 Å². The monoisotopic (exact) mass is 625 g/mol. The number of carbonyl (C=O) groups excluding carboxylic acids is 4. The number of aryl methyl sites for hydroxylation is 1.